The van der Waals surface area contributed by atoms with Gasteiger partial charge in [-0.15, -0.1) is 0 Å². The molecule has 1 unspecified atom stereocenters. The number of rotatable bonds is 3. The predicted octanol–water partition coefficient (Wildman–Crippen LogP) is 2.94. The van der Waals surface area contributed by atoms with Crippen molar-refractivity contribution < 1.29 is 4.39 Å². The van der Waals surface area contributed by atoms with E-state index in [1.165, 1.54) is 6.42 Å². The van der Waals surface area contributed by atoms with Crippen LogP contribution in [0.25, 0.3) is 0 Å². The lowest BCUT2D eigenvalue weighted by molar-refractivity contribution is 0.549. The lowest BCUT2D eigenvalue weighted by Gasteiger charge is -2.21. The van der Waals surface area contributed by atoms with Crippen molar-refractivity contribution >= 4 is 21.6 Å². The molecule has 17 heavy (non-hydrogen) atoms. The maximum Gasteiger partial charge on any atom is 0.139 e. The second-order valence-corrected chi connectivity index (χ2v) is 5.57. The molecule has 1 N–H and O–H groups in total. The Morgan fingerprint density at radius 2 is 2.29 bits per heavy atom. The molecule has 1 aliphatic heterocycles. The van der Waals surface area contributed by atoms with Gasteiger partial charge in [-0.25, -0.2) is 4.39 Å². The average molecular weight is 301 g/mol. The first-order chi connectivity index (χ1) is 8.11. The fraction of sp³-hybridized carbons (Fsp3) is 0.538. The van der Waals surface area contributed by atoms with Crippen LogP contribution in [0.5, 0.6) is 0 Å². The standard InChI is InChI=1S/C13H18BrFN2/c1-9-5-11(14)12(15)6-13(9)17-4-3-10(8-17)7-16-2/h5-6,10,16H,3-4,7-8H2,1-2H3. The Bertz CT molecular complexity index is 409. The predicted molar refractivity (Wildman–Crippen MR) is 73.1 cm³/mol. The van der Waals surface area contributed by atoms with Crippen molar-refractivity contribution in [1.29, 1.82) is 0 Å². The van der Waals surface area contributed by atoms with Gasteiger partial charge < -0.3 is 10.2 Å². The molecule has 0 saturated carbocycles. The molecule has 1 aromatic carbocycles. The van der Waals surface area contributed by atoms with Crippen molar-refractivity contribution in [3.63, 3.8) is 0 Å². The molecule has 0 radical (unpaired) electrons. The van der Waals surface area contributed by atoms with Crippen molar-refractivity contribution in [2.24, 2.45) is 5.92 Å². The molecule has 1 heterocycles. The normalized spacial score (nSPS) is 20.0. The first-order valence-electron chi connectivity index (χ1n) is 5.97. The Morgan fingerprint density at radius 1 is 1.53 bits per heavy atom. The summed E-state index contributed by atoms with van der Waals surface area (Å²) in [6.07, 6.45) is 1.18. The van der Waals surface area contributed by atoms with Gasteiger partial charge in [-0.05, 0) is 66.5 Å². The van der Waals surface area contributed by atoms with Crippen LogP contribution in [-0.4, -0.2) is 26.7 Å². The molecule has 2 rings (SSSR count). The van der Waals surface area contributed by atoms with Crippen LogP contribution in [0, 0.1) is 18.7 Å². The van der Waals surface area contributed by atoms with Gasteiger partial charge in [0.25, 0.3) is 0 Å². The zero-order valence-corrected chi connectivity index (χ0v) is 11.8. The SMILES string of the molecule is CNCC1CCN(c2cc(F)c(Br)cc2C)C1. The number of anilines is 1. The van der Waals surface area contributed by atoms with Gasteiger partial charge in [0.2, 0.25) is 0 Å². The van der Waals surface area contributed by atoms with Crippen LogP contribution in [0.15, 0.2) is 16.6 Å². The zero-order valence-electron chi connectivity index (χ0n) is 10.3. The highest BCUT2D eigenvalue weighted by atomic mass is 79.9. The fourth-order valence-electron chi connectivity index (χ4n) is 2.48. The summed E-state index contributed by atoms with van der Waals surface area (Å²) < 4.78 is 14.1. The van der Waals surface area contributed by atoms with E-state index in [2.05, 4.69) is 26.1 Å². The summed E-state index contributed by atoms with van der Waals surface area (Å²) in [6, 6.07) is 3.50. The summed E-state index contributed by atoms with van der Waals surface area (Å²) in [5.41, 5.74) is 2.16. The van der Waals surface area contributed by atoms with Crippen molar-refractivity contribution in [2.75, 3.05) is 31.6 Å². The molecular formula is C13H18BrFN2. The van der Waals surface area contributed by atoms with Crippen LogP contribution >= 0.6 is 15.9 Å². The molecule has 1 aliphatic rings. The van der Waals surface area contributed by atoms with Gasteiger partial charge in [-0.1, -0.05) is 0 Å². The molecule has 1 atom stereocenters. The van der Waals surface area contributed by atoms with E-state index in [-0.39, 0.29) is 5.82 Å². The number of aryl methyl sites for hydroxylation is 1. The highest BCUT2D eigenvalue weighted by molar-refractivity contribution is 9.10. The summed E-state index contributed by atoms with van der Waals surface area (Å²) in [7, 11) is 1.98. The zero-order chi connectivity index (χ0) is 12.4. The first kappa shape index (κ1) is 12.8. The number of nitrogens with one attached hydrogen (secondary N) is 1. The number of nitrogens with zero attached hydrogens (tertiary/aromatic N) is 1. The van der Waals surface area contributed by atoms with E-state index in [0.29, 0.717) is 10.4 Å². The highest BCUT2D eigenvalue weighted by Crippen LogP contribution is 2.30. The van der Waals surface area contributed by atoms with E-state index >= 15 is 0 Å². The number of benzene rings is 1. The van der Waals surface area contributed by atoms with Gasteiger partial charge in [0.15, 0.2) is 0 Å². The van der Waals surface area contributed by atoms with E-state index in [9.17, 15) is 4.39 Å². The number of hydrogen-bond donors (Lipinski definition) is 1. The average Bonchev–Trinajstić information content (AvgIpc) is 2.72. The van der Waals surface area contributed by atoms with Gasteiger partial charge in [-0.2, -0.15) is 0 Å². The minimum atomic E-state index is -0.178. The van der Waals surface area contributed by atoms with Crippen molar-refractivity contribution in [1.82, 2.24) is 5.32 Å². The molecule has 0 bridgehead atoms. The molecule has 1 saturated heterocycles. The Labute approximate surface area is 110 Å². The monoisotopic (exact) mass is 300 g/mol. The van der Waals surface area contributed by atoms with Crippen LogP contribution in [0.2, 0.25) is 0 Å². The second kappa shape index (κ2) is 5.36. The van der Waals surface area contributed by atoms with Gasteiger partial charge in [0.05, 0.1) is 4.47 Å². The Kier molecular flexibility index (Phi) is 4.05. The van der Waals surface area contributed by atoms with Crippen LogP contribution in [-0.2, 0) is 0 Å². The third kappa shape index (κ3) is 2.80. The van der Waals surface area contributed by atoms with Crippen LogP contribution in [0.4, 0.5) is 10.1 Å². The molecule has 0 spiro atoms. The molecule has 2 nitrogen and oxygen atoms in total. The number of hydrogen-bond acceptors (Lipinski definition) is 2. The molecular weight excluding hydrogens is 283 g/mol. The van der Waals surface area contributed by atoms with E-state index in [0.717, 1.165) is 30.9 Å². The van der Waals surface area contributed by atoms with E-state index in [1.807, 2.05) is 20.0 Å². The molecule has 4 heteroatoms. The summed E-state index contributed by atoms with van der Waals surface area (Å²) in [5, 5.41) is 3.21. The Morgan fingerprint density at radius 3 is 3.00 bits per heavy atom. The summed E-state index contributed by atoms with van der Waals surface area (Å²) in [6.45, 7) is 5.11. The molecule has 0 amide bonds. The summed E-state index contributed by atoms with van der Waals surface area (Å²) in [4.78, 5) is 2.28. The van der Waals surface area contributed by atoms with Crippen molar-refractivity contribution in [2.45, 2.75) is 13.3 Å². The molecule has 1 aromatic rings. The Balaban J connectivity index is 2.16. The second-order valence-electron chi connectivity index (χ2n) is 4.71. The van der Waals surface area contributed by atoms with Crippen LogP contribution in [0.3, 0.4) is 0 Å². The quantitative estimate of drug-likeness (QED) is 0.923. The van der Waals surface area contributed by atoms with E-state index in [1.54, 1.807) is 6.07 Å². The van der Waals surface area contributed by atoms with Gasteiger partial charge in [-0.3, -0.25) is 0 Å². The maximum atomic E-state index is 13.6. The molecule has 0 aliphatic carbocycles. The number of halogens is 2. The Hall–Kier alpha value is -0.610. The summed E-state index contributed by atoms with van der Waals surface area (Å²) in [5.74, 6) is 0.494. The van der Waals surface area contributed by atoms with E-state index in [4.69, 9.17) is 0 Å². The van der Waals surface area contributed by atoms with Crippen LogP contribution in [0.1, 0.15) is 12.0 Å². The minimum absolute atomic E-state index is 0.178. The van der Waals surface area contributed by atoms with Gasteiger partial charge in [0, 0.05) is 18.8 Å². The largest absolute Gasteiger partial charge is 0.371 e. The lowest BCUT2D eigenvalue weighted by Crippen LogP contribution is -2.24. The van der Waals surface area contributed by atoms with Crippen molar-refractivity contribution in [3.05, 3.63) is 28.0 Å². The molecule has 1 fully saturated rings. The van der Waals surface area contributed by atoms with Crippen molar-refractivity contribution in [3.8, 4) is 0 Å². The summed E-state index contributed by atoms with van der Waals surface area (Å²) >= 11 is 3.22. The van der Waals surface area contributed by atoms with Gasteiger partial charge in [0.1, 0.15) is 5.82 Å². The highest BCUT2D eigenvalue weighted by Gasteiger charge is 2.23. The van der Waals surface area contributed by atoms with E-state index < -0.39 is 0 Å². The lowest BCUT2D eigenvalue weighted by atomic mass is 10.1. The fourth-order valence-corrected chi connectivity index (χ4v) is 2.94. The first-order valence-corrected chi connectivity index (χ1v) is 6.76. The maximum absolute atomic E-state index is 13.6. The topological polar surface area (TPSA) is 15.3 Å². The molecule has 94 valence electrons. The minimum Gasteiger partial charge on any atom is -0.371 e. The molecule has 0 aromatic heterocycles. The third-order valence-corrected chi connectivity index (χ3v) is 3.97. The third-order valence-electron chi connectivity index (χ3n) is 3.36. The van der Waals surface area contributed by atoms with Crippen LogP contribution < -0.4 is 10.2 Å². The smallest absolute Gasteiger partial charge is 0.139 e. The van der Waals surface area contributed by atoms with Gasteiger partial charge >= 0.3 is 0 Å².